The van der Waals surface area contributed by atoms with Gasteiger partial charge in [-0.05, 0) is 32.1 Å². The quantitative estimate of drug-likeness (QED) is 0.857. The van der Waals surface area contributed by atoms with Gasteiger partial charge in [-0.2, -0.15) is 0 Å². The molecule has 0 radical (unpaired) electrons. The highest BCUT2D eigenvalue weighted by Gasteiger charge is 2.42. The molecular formula is C15H25NO4. The van der Waals surface area contributed by atoms with Crippen LogP contribution in [-0.2, 0) is 14.3 Å². The molecule has 114 valence electrons. The lowest BCUT2D eigenvalue weighted by molar-refractivity contribution is -0.151. The molecule has 2 rings (SSSR count). The van der Waals surface area contributed by atoms with Crippen LogP contribution in [0.3, 0.4) is 0 Å². The summed E-state index contributed by atoms with van der Waals surface area (Å²) < 4.78 is 5.68. The summed E-state index contributed by atoms with van der Waals surface area (Å²) >= 11 is 0. The number of aliphatic carboxylic acids is 1. The molecule has 0 aromatic carbocycles. The van der Waals surface area contributed by atoms with Crippen molar-refractivity contribution in [3.05, 3.63) is 0 Å². The Hall–Kier alpha value is -1.10. The number of rotatable bonds is 3. The zero-order valence-corrected chi connectivity index (χ0v) is 12.5. The summed E-state index contributed by atoms with van der Waals surface area (Å²) in [5.41, 5.74) is 0. The summed E-state index contributed by atoms with van der Waals surface area (Å²) in [5, 5.41) is 9.25. The fourth-order valence-corrected chi connectivity index (χ4v) is 3.53. The van der Waals surface area contributed by atoms with E-state index in [4.69, 9.17) is 4.74 Å². The highest BCUT2D eigenvalue weighted by atomic mass is 16.5. The molecule has 0 bridgehead atoms. The van der Waals surface area contributed by atoms with Gasteiger partial charge in [-0.1, -0.05) is 13.8 Å². The third-order valence-corrected chi connectivity index (χ3v) is 4.70. The second-order valence-electron chi connectivity index (χ2n) is 6.33. The van der Waals surface area contributed by atoms with Crippen LogP contribution in [0.2, 0.25) is 0 Å². The first-order chi connectivity index (χ1) is 9.43. The molecule has 1 amide bonds. The normalized spacial score (nSPS) is 34.5. The Morgan fingerprint density at radius 1 is 1.25 bits per heavy atom. The van der Waals surface area contributed by atoms with Gasteiger partial charge in [0.1, 0.15) is 0 Å². The third kappa shape index (κ3) is 2.82. The van der Waals surface area contributed by atoms with Crippen molar-refractivity contribution in [2.75, 3.05) is 13.2 Å². The molecule has 0 aromatic heterocycles. The van der Waals surface area contributed by atoms with Gasteiger partial charge in [0.05, 0.1) is 17.9 Å². The largest absolute Gasteiger partial charge is 0.481 e. The Labute approximate surface area is 120 Å². The lowest BCUT2D eigenvalue weighted by atomic mass is 9.86. The number of carbonyl (C=O) groups excluding carboxylic acids is 1. The Balaban J connectivity index is 2.10. The monoisotopic (exact) mass is 283 g/mol. The number of piperidine rings is 1. The SMILES string of the molecule is CC(C)C1OCCC1C(=O)N1CCC[C@H](C(=O)O)[C@@H]1C. The van der Waals surface area contributed by atoms with Crippen LogP contribution >= 0.6 is 0 Å². The van der Waals surface area contributed by atoms with Crippen molar-refractivity contribution in [3.8, 4) is 0 Å². The second kappa shape index (κ2) is 6.12. The van der Waals surface area contributed by atoms with Crippen molar-refractivity contribution in [3.63, 3.8) is 0 Å². The van der Waals surface area contributed by atoms with Crippen molar-refractivity contribution in [2.24, 2.45) is 17.8 Å². The van der Waals surface area contributed by atoms with E-state index in [2.05, 4.69) is 13.8 Å². The minimum atomic E-state index is -0.793. The predicted octanol–water partition coefficient (Wildman–Crippen LogP) is 1.76. The molecule has 2 fully saturated rings. The van der Waals surface area contributed by atoms with Gasteiger partial charge in [0.2, 0.25) is 5.91 Å². The van der Waals surface area contributed by atoms with E-state index in [0.717, 1.165) is 12.8 Å². The maximum atomic E-state index is 12.7. The number of carboxylic acid groups (broad SMARTS) is 1. The van der Waals surface area contributed by atoms with Gasteiger partial charge >= 0.3 is 5.97 Å². The molecule has 4 atom stereocenters. The molecule has 2 heterocycles. The van der Waals surface area contributed by atoms with Crippen LogP contribution in [0, 0.1) is 17.8 Å². The molecule has 5 heteroatoms. The van der Waals surface area contributed by atoms with Crippen LogP contribution in [0.4, 0.5) is 0 Å². The summed E-state index contributed by atoms with van der Waals surface area (Å²) in [6.45, 7) is 7.29. The fraction of sp³-hybridized carbons (Fsp3) is 0.867. The van der Waals surface area contributed by atoms with Gasteiger partial charge in [0, 0.05) is 19.2 Å². The molecule has 2 saturated heterocycles. The predicted molar refractivity (Wildman–Crippen MR) is 74.2 cm³/mol. The van der Waals surface area contributed by atoms with Crippen LogP contribution in [0.25, 0.3) is 0 Å². The van der Waals surface area contributed by atoms with E-state index < -0.39 is 11.9 Å². The van der Waals surface area contributed by atoms with Crippen LogP contribution in [-0.4, -0.2) is 47.2 Å². The number of likely N-dealkylation sites (tertiary alicyclic amines) is 1. The Kier molecular flexibility index (Phi) is 4.68. The lowest BCUT2D eigenvalue weighted by Gasteiger charge is -2.39. The molecule has 0 aliphatic carbocycles. The number of hydrogen-bond acceptors (Lipinski definition) is 3. The van der Waals surface area contributed by atoms with Gasteiger partial charge in [0.15, 0.2) is 0 Å². The molecule has 0 aromatic rings. The van der Waals surface area contributed by atoms with E-state index >= 15 is 0 Å². The van der Waals surface area contributed by atoms with E-state index in [1.165, 1.54) is 0 Å². The molecule has 20 heavy (non-hydrogen) atoms. The van der Waals surface area contributed by atoms with Gasteiger partial charge in [-0.15, -0.1) is 0 Å². The van der Waals surface area contributed by atoms with E-state index in [0.29, 0.717) is 25.5 Å². The molecule has 0 spiro atoms. The Bertz CT molecular complexity index is 382. The maximum Gasteiger partial charge on any atom is 0.308 e. The van der Waals surface area contributed by atoms with E-state index in [1.807, 2.05) is 6.92 Å². The molecular weight excluding hydrogens is 258 g/mol. The number of carboxylic acids is 1. The average Bonchev–Trinajstić information content (AvgIpc) is 2.87. The standard InChI is InChI=1S/C15H25NO4/c1-9(2)13-12(6-8-20-13)14(17)16-7-4-5-11(10(16)3)15(18)19/h9-13H,4-8H2,1-3H3,(H,18,19)/t10-,11-,12?,13?/m0/s1. The summed E-state index contributed by atoms with van der Waals surface area (Å²) in [5.74, 6) is -0.947. The van der Waals surface area contributed by atoms with Crippen LogP contribution in [0.1, 0.15) is 40.0 Å². The van der Waals surface area contributed by atoms with E-state index in [-0.39, 0.29) is 24.0 Å². The highest BCUT2D eigenvalue weighted by molar-refractivity contribution is 5.81. The summed E-state index contributed by atoms with van der Waals surface area (Å²) in [6, 6.07) is -0.220. The zero-order valence-electron chi connectivity index (χ0n) is 12.5. The smallest absolute Gasteiger partial charge is 0.308 e. The van der Waals surface area contributed by atoms with Crippen LogP contribution in [0.15, 0.2) is 0 Å². The van der Waals surface area contributed by atoms with Crippen LogP contribution in [0.5, 0.6) is 0 Å². The van der Waals surface area contributed by atoms with Gasteiger partial charge in [-0.25, -0.2) is 0 Å². The number of hydrogen-bond donors (Lipinski definition) is 1. The molecule has 0 saturated carbocycles. The van der Waals surface area contributed by atoms with Crippen molar-refractivity contribution >= 4 is 11.9 Å². The average molecular weight is 283 g/mol. The molecule has 1 N–H and O–H groups in total. The third-order valence-electron chi connectivity index (χ3n) is 4.70. The van der Waals surface area contributed by atoms with Gasteiger partial charge in [-0.3, -0.25) is 9.59 Å². The van der Waals surface area contributed by atoms with Crippen molar-refractivity contribution in [1.29, 1.82) is 0 Å². The van der Waals surface area contributed by atoms with Gasteiger partial charge < -0.3 is 14.7 Å². The molecule has 2 aliphatic heterocycles. The highest BCUT2D eigenvalue weighted by Crippen LogP contribution is 2.32. The Morgan fingerprint density at radius 3 is 2.55 bits per heavy atom. The number of nitrogens with zero attached hydrogens (tertiary/aromatic N) is 1. The summed E-state index contributed by atoms with van der Waals surface area (Å²) in [6.07, 6.45) is 2.16. The van der Waals surface area contributed by atoms with E-state index in [1.54, 1.807) is 4.90 Å². The number of ether oxygens (including phenoxy) is 1. The number of carbonyl (C=O) groups is 2. The zero-order chi connectivity index (χ0) is 14.9. The maximum absolute atomic E-state index is 12.7. The minimum absolute atomic E-state index is 0.0279. The van der Waals surface area contributed by atoms with E-state index in [9.17, 15) is 14.7 Å². The molecule has 5 nitrogen and oxygen atoms in total. The molecule has 2 aliphatic rings. The number of amides is 1. The summed E-state index contributed by atoms with van der Waals surface area (Å²) in [7, 11) is 0. The first kappa shape index (κ1) is 15.3. The minimum Gasteiger partial charge on any atom is -0.481 e. The lowest BCUT2D eigenvalue weighted by Crippen LogP contribution is -2.52. The first-order valence-electron chi connectivity index (χ1n) is 7.58. The fourth-order valence-electron chi connectivity index (χ4n) is 3.53. The Morgan fingerprint density at radius 2 is 1.95 bits per heavy atom. The van der Waals surface area contributed by atoms with Crippen LogP contribution < -0.4 is 0 Å². The second-order valence-corrected chi connectivity index (χ2v) is 6.33. The van der Waals surface area contributed by atoms with Gasteiger partial charge in [0.25, 0.3) is 0 Å². The van der Waals surface area contributed by atoms with Crippen molar-refractivity contribution in [1.82, 2.24) is 4.90 Å². The molecule has 2 unspecified atom stereocenters. The van der Waals surface area contributed by atoms with Crippen molar-refractivity contribution < 1.29 is 19.4 Å². The topological polar surface area (TPSA) is 66.8 Å². The summed E-state index contributed by atoms with van der Waals surface area (Å²) in [4.78, 5) is 25.8. The van der Waals surface area contributed by atoms with Crippen molar-refractivity contribution in [2.45, 2.75) is 52.2 Å². The first-order valence-corrected chi connectivity index (χ1v) is 7.58.